The zero-order valence-electron chi connectivity index (χ0n) is 15.3. The monoisotopic (exact) mass is 367 g/mol. The summed E-state index contributed by atoms with van der Waals surface area (Å²) in [6.45, 7) is 4.86. The molecule has 26 heavy (non-hydrogen) atoms. The summed E-state index contributed by atoms with van der Waals surface area (Å²) in [4.78, 5) is 10.3. The second-order valence-electron chi connectivity index (χ2n) is 6.58. The third-order valence-corrected chi connectivity index (χ3v) is 5.12. The zero-order chi connectivity index (χ0) is 18.3. The highest BCUT2D eigenvalue weighted by molar-refractivity contribution is 7.13. The first-order valence-corrected chi connectivity index (χ1v) is 9.41. The molecule has 0 radical (unpaired) electrons. The molecule has 0 amide bonds. The van der Waals surface area contributed by atoms with Crippen LogP contribution in [0, 0.1) is 0 Å². The first-order chi connectivity index (χ1) is 12.5. The van der Waals surface area contributed by atoms with Gasteiger partial charge in [0, 0.05) is 19.8 Å². The minimum Gasteiger partial charge on any atom is -0.377 e. The van der Waals surface area contributed by atoms with E-state index in [0.717, 1.165) is 38.8 Å². The van der Waals surface area contributed by atoms with Gasteiger partial charge in [0.05, 0.1) is 28.2 Å². The van der Waals surface area contributed by atoms with Gasteiger partial charge in [-0.2, -0.15) is 10.2 Å². The average Bonchev–Trinajstić information content (AvgIpc) is 3.33. The largest absolute Gasteiger partial charge is 0.377 e. The van der Waals surface area contributed by atoms with Gasteiger partial charge in [-0.3, -0.25) is 9.36 Å². The number of fused-ring (bicyclic) bond motifs is 1. The molecule has 0 spiro atoms. The van der Waals surface area contributed by atoms with Gasteiger partial charge in [0.2, 0.25) is 0 Å². The number of aryl methyl sites for hydroxylation is 2. The third kappa shape index (κ3) is 2.96. The van der Waals surface area contributed by atoms with Gasteiger partial charge in [-0.1, -0.05) is 19.9 Å². The maximum atomic E-state index is 4.88. The molecule has 134 valence electrons. The van der Waals surface area contributed by atoms with Crippen LogP contribution >= 0.6 is 11.3 Å². The summed E-state index contributed by atoms with van der Waals surface area (Å²) >= 11 is 1.68. The molecule has 4 rings (SSSR count). The molecule has 0 bridgehead atoms. The predicted octanol–water partition coefficient (Wildman–Crippen LogP) is 3.56. The maximum absolute atomic E-state index is 4.88. The van der Waals surface area contributed by atoms with Gasteiger partial charge in [-0.25, -0.2) is 9.97 Å². The smallest absolute Gasteiger partial charge is 0.169 e. The maximum Gasteiger partial charge on any atom is 0.169 e. The fraction of sp³-hybridized carbons (Fsp3) is 0.333. The molecule has 8 heteroatoms. The summed E-state index contributed by atoms with van der Waals surface area (Å²) in [5.74, 6) is 1.06. The SMILES string of the molecule is CC(C)c1nn(C)c2nc(-c3cccs3)cc(NCc3ncn(C)n3)c12. The number of pyridine rings is 1. The topological polar surface area (TPSA) is 73.5 Å². The summed E-state index contributed by atoms with van der Waals surface area (Å²) in [5.41, 5.74) is 3.89. The van der Waals surface area contributed by atoms with Gasteiger partial charge in [0.25, 0.3) is 0 Å². The number of hydrogen-bond acceptors (Lipinski definition) is 6. The van der Waals surface area contributed by atoms with Gasteiger partial charge in [0.15, 0.2) is 11.5 Å². The van der Waals surface area contributed by atoms with Crippen molar-refractivity contribution in [2.75, 3.05) is 5.32 Å². The molecule has 0 aliphatic carbocycles. The molecule has 4 heterocycles. The van der Waals surface area contributed by atoms with Crippen LogP contribution in [0.3, 0.4) is 0 Å². The van der Waals surface area contributed by atoms with Gasteiger partial charge >= 0.3 is 0 Å². The second kappa shape index (κ2) is 6.53. The molecule has 1 N–H and O–H groups in total. The Bertz CT molecular complexity index is 1040. The summed E-state index contributed by atoms with van der Waals surface area (Å²) in [6, 6.07) is 6.23. The first kappa shape index (κ1) is 16.7. The molecular weight excluding hydrogens is 346 g/mol. The summed E-state index contributed by atoms with van der Waals surface area (Å²) < 4.78 is 3.58. The van der Waals surface area contributed by atoms with Crippen LogP contribution < -0.4 is 5.32 Å². The zero-order valence-corrected chi connectivity index (χ0v) is 16.1. The van der Waals surface area contributed by atoms with E-state index in [1.165, 1.54) is 0 Å². The molecule has 0 aromatic carbocycles. The molecular formula is C18H21N7S. The van der Waals surface area contributed by atoms with E-state index in [2.05, 4.69) is 46.8 Å². The van der Waals surface area contributed by atoms with Gasteiger partial charge < -0.3 is 5.32 Å². The van der Waals surface area contributed by atoms with E-state index < -0.39 is 0 Å². The molecule has 7 nitrogen and oxygen atoms in total. The van der Waals surface area contributed by atoms with Crippen molar-refractivity contribution < 1.29 is 0 Å². The fourth-order valence-electron chi connectivity index (χ4n) is 3.01. The Balaban J connectivity index is 1.83. The van der Waals surface area contributed by atoms with Crippen LogP contribution in [-0.2, 0) is 20.6 Å². The normalized spacial score (nSPS) is 11.6. The van der Waals surface area contributed by atoms with Crippen LogP contribution in [0.5, 0.6) is 0 Å². The van der Waals surface area contributed by atoms with Crippen LogP contribution in [0.4, 0.5) is 5.69 Å². The first-order valence-electron chi connectivity index (χ1n) is 8.53. The average molecular weight is 367 g/mol. The summed E-state index contributed by atoms with van der Waals surface area (Å²) in [5, 5.41) is 15.7. The Kier molecular flexibility index (Phi) is 4.20. The lowest BCUT2D eigenvalue weighted by molar-refractivity contribution is 0.724. The lowest BCUT2D eigenvalue weighted by Gasteiger charge is -2.10. The number of thiophene rings is 1. The number of nitrogens with one attached hydrogen (secondary N) is 1. The van der Waals surface area contributed by atoms with Crippen LogP contribution in [-0.4, -0.2) is 29.5 Å². The minimum atomic E-state index is 0.307. The highest BCUT2D eigenvalue weighted by Crippen LogP contribution is 2.34. The molecule has 0 fully saturated rings. The number of rotatable bonds is 5. The molecule has 0 saturated heterocycles. The Morgan fingerprint density at radius 3 is 2.73 bits per heavy atom. The van der Waals surface area contributed by atoms with Crippen molar-refractivity contribution in [2.45, 2.75) is 26.3 Å². The van der Waals surface area contributed by atoms with Gasteiger partial charge in [0.1, 0.15) is 6.33 Å². The summed E-state index contributed by atoms with van der Waals surface area (Å²) in [6.07, 6.45) is 1.71. The van der Waals surface area contributed by atoms with Crippen LogP contribution in [0.1, 0.15) is 31.3 Å². The fourth-order valence-corrected chi connectivity index (χ4v) is 3.70. The summed E-state index contributed by atoms with van der Waals surface area (Å²) in [7, 11) is 3.82. The van der Waals surface area contributed by atoms with Crippen LogP contribution in [0.25, 0.3) is 21.6 Å². The Hall–Kier alpha value is -2.74. The van der Waals surface area contributed by atoms with Crippen LogP contribution in [0.2, 0.25) is 0 Å². The third-order valence-electron chi connectivity index (χ3n) is 4.23. The van der Waals surface area contributed by atoms with E-state index in [4.69, 9.17) is 10.1 Å². The number of aromatic nitrogens is 6. The van der Waals surface area contributed by atoms with Crippen molar-refractivity contribution >= 4 is 28.1 Å². The standard InChI is InChI=1S/C18H21N7S/c1-11(2)17-16-13(19-9-15-20-10-24(3)22-15)8-12(14-6-5-7-26-14)21-18(16)25(4)23-17/h5-8,10-11H,9H2,1-4H3,(H,19,21). The van der Waals surface area contributed by atoms with Crippen LogP contribution in [0.15, 0.2) is 29.9 Å². The van der Waals surface area contributed by atoms with Crippen molar-refractivity contribution in [3.63, 3.8) is 0 Å². The Morgan fingerprint density at radius 1 is 1.23 bits per heavy atom. The molecule has 4 aromatic heterocycles. The van der Waals surface area contributed by atoms with E-state index in [1.807, 2.05) is 24.8 Å². The van der Waals surface area contributed by atoms with Crippen molar-refractivity contribution in [1.82, 2.24) is 29.5 Å². The van der Waals surface area contributed by atoms with Gasteiger partial charge in [-0.05, 0) is 23.4 Å². The molecule has 0 aliphatic rings. The Morgan fingerprint density at radius 2 is 2.08 bits per heavy atom. The van der Waals surface area contributed by atoms with Gasteiger partial charge in [-0.15, -0.1) is 11.3 Å². The highest BCUT2D eigenvalue weighted by atomic mass is 32.1. The predicted molar refractivity (Wildman–Crippen MR) is 104 cm³/mol. The molecule has 0 saturated carbocycles. The lowest BCUT2D eigenvalue weighted by atomic mass is 10.1. The van der Waals surface area contributed by atoms with Crippen molar-refractivity contribution in [3.05, 3.63) is 41.4 Å². The number of hydrogen-bond donors (Lipinski definition) is 1. The lowest BCUT2D eigenvalue weighted by Crippen LogP contribution is -2.04. The van der Waals surface area contributed by atoms with E-state index in [9.17, 15) is 0 Å². The van der Waals surface area contributed by atoms with E-state index in [-0.39, 0.29) is 0 Å². The Labute approximate surface area is 155 Å². The highest BCUT2D eigenvalue weighted by Gasteiger charge is 2.19. The van der Waals surface area contributed by atoms with Crippen molar-refractivity contribution in [1.29, 1.82) is 0 Å². The molecule has 0 unspecified atom stereocenters. The number of anilines is 1. The van der Waals surface area contributed by atoms with E-state index in [0.29, 0.717) is 12.5 Å². The van der Waals surface area contributed by atoms with E-state index >= 15 is 0 Å². The second-order valence-corrected chi connectivity index (χ2v) is 7.53. The minimum absolute atomic E-state index is 0.307. The molecule has 0 aliphatic heterocycles. The molecule has 0 atom stereocenters. The molecule has 4 aromatic rings. The quantitative estimate of drug-likeness (QED) is 0.584. The van der Waals surface area contributed by atoms with Crippen molar-refractivity contribution in [3.8, 4) is 10.6 Å². The van der Waals surface area contributed by atoms with Crippen molar-refractivity contribution in [2.24, 2.45) is 14.1 Å². The van der Waals surface area contributed by atoms with E-state index in [1.54, 1.807) is 22.3 Å². The number of nitrogens with zero attached hydrogens (tertiary/aromatic N) is 6.